The molecular weight excluding hydrogens is 449 g/mol. The number of carbonyl (C=O) groups excluding carboxylic acids is 1. The van der Waals surface area contributed by atoms with Crippen LogP contribution >= 0.6 is 0 Å². The third kappa shape index (κ3) is 5.61. The molecule has 0 spiro atoms. The highest BCUT2D eigenvalue weighted by molar-refractivity contribution is 5.91. The van der Waals surface area contributed by atoms with Crippen molar-refractivity contribution in [3.8, 4) is 16.9 Å². The molecule has 2 nitrogen and oxygen atoms in total. The third-order valence-corrected chi connectivity index (χ3v) is 7.15. The quantitative estimate of drug-likeness (QED) is 0.250. The Labute approximate surface area is 205 Å². The molecule has 1 fully saturated rings. The molecule has 0 atom stereocenters. The van der Waals surface area contributed by atoms with Crippen molar-refractivity contribution in [2.45, 2.75) is 64.7 Å². The van der Waals surface area contributed by atoms with Gasteiger partial charge >= 0.3 is 5.97 Å². The second-order valence-electron chi connectivity index (χ2n) is 9.44. The van der Waals surface area contributed by atoms with Gasteiger partial charge in [0.05, 0.1) is 5.56 Å². The summed E-state index contributed by atoms with van der Waals surface area (Å²) in [6.07, 6.45) is 6.62. The monoisotopic (exact) mass is 480 g/mol. The molecule has 0 N–H and O–H groups in total. The van der Waals surface area contributed by atoms with Gasteiger partial charge in [-0.3, -0.25) is 0 Å². The zero-order valence-electron chi connectivity index (χ0n) is 20.3. The van der Waals surface area contributed by atoms with E-state index in [1.54, 1.807) is 30.3 Å². The fourth-order valence-electron chi connectivity index (χ4n) is 5.00. The zero-order valence-corrected chi connectivity index (χ0v) is 20.3. The van der Waals surface area contributed by atoms with E-state index in [9.17, 15) is 13.6 Å². The minimum atomic E-state index is -0.871. The van der Waals surface area contributed by atoms with E-state index in [2.05, 4.69) is 6.92 Å². The Morgan fingerprint density at radius 2 is 1.60 bits per heavy atom. The molecule has 35 heavy (non-hydrogen) atoms. The predicted molar refractivity (Wildman–Crippen MR) is 132 cm³/mol. The van der Waals surface area contributed by atoms with Crippen molar-refractivity contribution in [1.82, 2.24) is 0 Å². The van der Waals surface area contributed by atoms with Crippen LogP contribution in [0.4, 0.5) is 13.2 Å². The van der Waals surface area contributed by atoms with E-state index >= 15 is 4.39 Å². The summed E-state index contributed by atoms with van der Waals surface area (Å²) in [6.45, 7) is 4.18. The smallest absolute Gasteiger partial charge is 0.343 e. The molecule has 0 radical (unpaired) electrons. The summed E-state index contributed by atoms with van der Waals surface area (Å²) < 4.78 is 49.5. The second-order valence-corrected chi connectivity index (χ2v) is 9.44. The van der Waals surface area contributed by atoms with E-state index in [-0.39, 0.29) is 22.8 Å². The Bertz CT molecular complexity index is 1180. The Balaban J connectivity index is 1.47. The lowest BCUT2D eigenvalue weighted by Crippen LogP contribution is -2.14. The number of ether oxygens (including phenoxy) is 1. The van der Waals surface area contributed by atoms with Crippen LogP contribution in [0.3, 0.4) is 0 Å². The molecular formula is C30H31F3O2. The van der Waals surface area contributed by atoms with Gasteiger partial charge in [0.15, 0.2) is 23.2 Å². The van der Waals surface area contributed by atoms with Gasteiger partial charge in [0, 0.05) is 5.56 Å². The van der Waals surface area contributed by atoms with Gasteiger partial charge in [0.2, 0.25) is 0 Å². The summed E-state index contributed by atoms with van der Waals surface area (Å²) in [6, 6.07) is 13.9. The molecule has 5 heteroatoms. The van der Waals surface area contributed by atoms with Crippen LogP contribution in [0.15, 0.2) is 54.6 Å². The molecule has 0 amide bonds. The molecule has 3 aromatic rings. The van der Waals surface area contributed by atoms with E-state index in [4.69, 9.17) is 4.74 Å². The third-order valence-electron chi connectivity index (χ3n) is 7.15. The van der Waals surface area contributed by atoms with Crippen molar-refractivity contribution in [2.24, 2.45) is 5.92 Å². The molecule has 3 aromatic carbocycles. The number of rotatable bonds is 7. The number of halogens is 3. The van der Waals surface area contributed by atoms with E-state index in [1.165, 1.54) is 24.3 Å². The average molecular weight is 481 g/mol. The fraction of sp³-hybridized carbons (Fsp3) is 0.367. The maximum atomic E-state index is 15.0. The molecule has 0 heterocycles. The largest absolute Gasteiger partial charge is 0.420 e. The number of carbonyl (C=O) groups is 1. The summed E-state index contributed by atoms with van der Waals surface area (Å²) in [4.78, 5) is 12.5. The number of hydrogen-bond donors (Lipinski definition) is 0. The van der Waals surface area contributed by atoms with Gasteiger partial charge in [-0.25, -0.2) is 18.0 Å². The maximum absolute atomic E-state index is 15.0. The van der Waals surface area contributed by atoms with Crippen LogP contribution in [-0.2, 0) is 6.42 Å². The van der Waals surface area contributed by atoms with Crippen LogP contribution < -0.4 is 4.74 Å². The molecule has 184 valence electrons. The van der Waals surface area contributed by atoms with Crippen LogP contribution in [-0.4, -0.2) is 5.97 Å². The van der Waals surface area contributed by atoms with Crippen LogP contribution in [0, 0.1) is 23.4 Å². The van der Waals surface area contributed by atoms with Crippen molar-refractivity contribution in [3.05, 3.63) is 88.7 Å². The number of aryl methyl sites for hydroxylation is 1. The van der Waals surface area contributed by atoms with Gasteiger partial charge in [0.1, 0.15) is 0 Å². The van der Waals surface area contributed by atoms with Crippen LogP contribution in [0.5, 0.6) is 5.75 Å². The molecule has 0 aliphatic heterocycles. The van der Waals surface area contributed by atoms with Gasteiger partial charge < -0.3 is 4.74 Å². The second kappa shape index (κ2) is 11.1. The SMILES string of the molecule is CCCc1ccc(OC(=O)c2ccc(-c3ccc(C4CCC(CC)CC4)c(F)c3F)cc2)c(F)c1. The highest BCUT2D eigenvalue weighted by Crippen LogP contribution is 2.39. The minimum Gasteiger partial charge on any atom is -0.420 e. The number of esters is 1. The lowest BCUT2D eigenvalue weighted by molar-refractivity contribution is 0.0728. The normalized spacial score (nSPS) is 17.9. The molecule has 0 unspecified atom stereocenters. The Morgan fingerprint density at radius 1 is 0.886 bits per heavy atom. The first kappa shape index (κ1) is 25.0. The fourth-order valence-corrected chi connectivity index (χ4v) is 5.00. The van der Waals surface area contributed by atoms with E-state index < -0.39 is 23.4 Å². The molecule has 0 saturated heterocycles. The van der Waals surface area contributed by atoms with Crippen LogP contribution in [0.1, 0.15) is 79.8 Å². The molecule has 1 aliphatic rings. The first-order valence-electron chi connectivity index (χ1n) is 12.5. The highest BCUT2D eigenvalue weighted by Gasteiger charge is 2.26. The van der Waals surface area contributed by atoms with E-state index in [0.29, 0.717) is 17.0 Å². The lowest BCUT2D eigenvalue weighted by Gasteiger charge is -2.28. The molecule has 0 aromatic heterocycles. The summed E-state index contributed by atoms with van der Waals surface area (Å²) in [5.41, 5.74) is 2.08. The Hall–Kier alpha value is -3.08. The average Bonchev–Trinajstić information content (AvgIpc) is 2.87. The van der Waals surface area contributed by atoms with Crippen molar-refractivity contribution in [3.63, 3.8) is 0 Å². The topological polar surface area (TPSA) is 26.3 Å². The van der Waals surface area contributed by atoms with Gasteiger partial charge in [0.25, 0.3) is 0 Å². The van der Waals surface area contributed by atoms with Gasteiger partial charge in [-0.15, -0.1) is 0 Å². The van der Waals surface area contributed by atoms with E-state index in [1.807, 2.05) is 6.92 Å². The number of hydrogen-bond acceptors (Lipinski definition) is 2. The van der Waals surface area contributed by atoms with Crippen LogP contribution in [0.2, 0.25) is 0 Å². The lowest BCUT2D eigenvalue weighted by atomic mass is 9.77. The minimum absolute atomic E-state index is 0.0509. The molecule has 1 saturated carbocycles. The van der Waals surface area contributed by atoms with Crippen molar-refractivity contribution in [1.29, 1.82) is 0 Å². The van der Waals surface area contributed by atoms with E-state index in [0.717, 1.165) is 50.5 Å². The highest BCUT2D eigenvalue weighted by atomic mass is 19.2. The Kier molecular flexibility index (Phi) is 7.94. The first-order chi connectivity index (χ1) is 16.9. The van der Waals surface area contributed by atoms with Crippen molar-refractivity contribution in [2.75, 3.05) is 0 Å². The van der Waals surface area contributed by atoms with Gasteiger partial charge in [-0.1, -0.05) is 57.0 Å². The van der Waals surface area contributed by atoms with Crippen LogP contribution in [0.25, 0.3) is 11.1 Å². The van der Waals surface area contributed by atoms with Crippen molar-refractivity contribution >= 4 is 5.97 Å². The maximum Gasteiger partial charge on any atom is 0.343 e. The molecule has 0 bridgehead atoms. The zero-order chi connectivity index (χ0) is 24.9. The predicted octanol–water partition coefficient (Wildman–Crippen LogP) is 8.63. The number of benzene rings is 3. The standard InChI is InChI=1S/C30H31F3O2/c1-3-5-20-8-17-27(26(31)18-20)35-30(34)23-13-11-22(12-14-23)25-16-15-24(28(32)29(25)33)21-9-6-19(4-2)7-10-21/h8,11-19,21H,3-7,9-10H2,1-2H3. The summed E-state index contributed by atoms with van der Waals surface area (Å²) >= 11 is 0. The molecule has 4 rings (SSSR count). The van der Waals surface area contributed by atoms with Crippen molar-refractivity contribution < 1.29 is 22.7 Å². The summed E-state index contributed by atoms with van der Waals surface area (Å²) in [5, 5.41) is 0. The van der Waals surface area contributed by atoms with Gasteiger partial charge in [-0.05, 0) is 84.9 Å². The summed E-state index contributed by atoms with van der Waals surface area (Å²) in [5.74, 6) is -2.38. The molecule has 1 aliphatic carbocycles. The Morgan fingerprint density at radius 3 is 2.23 bits per heavy atom. The summed E-state index contributed by atoms with van der Waals surface area (Å²) in [7, 11) is 0. The van der Waals surface area contributed by atoms with Gasteiger partial charge in [-0.2, -0.15) is 0 Å². The first-order valence-corrected chi connectivity index (χ1v) is 12.5.